The van der Waals surface area contributed by atoms with Crippen molar-refractivity contribution in [2.75, 3.05) is 36.5 Å². The number of ether oxygens (including phenoxy) is 2. The molecule has 0 unspecified atom stereocenters. The number of urea groups is 1. The van der Waals surface area contributed by atoms with Crippen LogP contribution in [0.4, 0.5) is 21.0 Å². The van der Waals surface area contributed by atoms with Crippen LogP contribution in [0, 0.1) is 5.92 Å². The Labute approximate surface area is 154 Å². The lowest BCUT2D eigenvalue weighted by atomic mass is 9.88. The van der Waals surface area contributed by atoms with E-state index in [0.29, 0.717) is 49.7 Å². The first-order chi connectivity index (χ1) is 12.6. The number of carbonyl (C=O) groups is 2. The molecule has 7 heteroatoms. The Morgan fingerprint density at radius 2 is 2.19 bits per heavy atom. The molecule has 0 aromatic heterocycles. The van der Waals surface area contributed by atoms with Gasteiger partial charge in [0.25, 0.3) is 0 Å². The maximum absolute atomic E-state index is 12.0. The van der Waals surface area contributed by atoms with Crippen LogP contribution in [0.5, 0.6) is 0 Å². The molecule has 0 radical (unpaired) electrons. The van der Waals surface area contributed by atoms with Gasteiger partial charge in [0.15, 0.2) is 0 Å². The maximum atomic E-state index is 12.0. The van der Waals surface area contributed by atoms with Gasteiger partial charge in [-0.2, -0.15) is 0 Å². The van der Waals surface area contributed by atoms with Crippen LogP contribution in [0.25, 0.3) is 0 Å². The van der Waals surface area contributed by atoms with E-state index in [1.165, 1.54) is 19.3 Å². The number of nitrogens with zero attached hydrogens (tertiary/aromatic N) is 1. The fraction of sp³-hybridized carbons (Fsp3) is 0.579. The van der Waals surface area contributed by atoms with E-state index in [2.05, 4.69) is 17.6 Å². The average molecular weight is 361 g/mol. The van der Waals surface area contributed by atoms with Crippen LogP contribution in [0.2, 0.25) is 0 Å². The zero-order valence-electron chi connectivity index (χ0n) is 15.2. The van der Waals surface area contributed by atoms with E-state index in [0.717, 1.165) is 6.42 Å². The molecule has 3 amide bonds. The normalized spacial score (nSPS) is 22.8. The first-order valence-corrected chi connectivity index (χ1v) is 9.34. The number of hydrogen-bond acceptors (Lipinski definition) is 4. The third-order valence-electron chi connectivity index (χ3n) is 4.93. The van der Waals surface area contributed by atoms with E-state index in [4.69, 9.17) is 9.47 Å². The molecule has 1 aliphatic heterocycles. The molecule has 2 aliphatic rings. The van der Waals surface area contributed by atoms with Gasteiger partial charge in [0.2, 0.25) is 0 Å². The smallest absolute Gasteiger partial charge is 0.414 e. The third-order valence-corrected chi connectivity index (χ3v) is 4.93. The molecule has 7 nitrogen and oxygen atoms in total. The summed E-state index contributed by atoms with van der Waals surface area (Å²) in [5.41, 5.74) is 1.33. The second kappa shape index (κ2) is 8.89. The van der Waals surface area contributed by atoms with Crippen molar-refractivity contribution in [2.24, 2.45) is 5.92 Å². The molecular weight excluding hydrogens is 334 g/mol. The zero-order valence-corrected chi connectivity index (χ0v) is 15.2. The molecule has 1 saturated heterocycles. The monoisotopic (exact) mass is 361 g/mol. The molecule has 26 heavy (non-hydrogen) atoms. The van der Waals surface area contributed by atoms with E-state index < -0.39 is 0 Å². The van der Waals surface area contributed by atoms with Crippen LogP contribution >= 0.6 is 0 Å². The molecule has 1 aliphatic carbocycles. The predicted octanol–water partition coefficient (Wildman–Crippen LogP) is 3.36. The summed E-state index contributed by atoms with van der Waals surface area (Å²) in [6, 6.07) is 6.86. The highest BCUT2D eigenvalue weighted by Gasteiger charge is 2.24. The van der Waals surface area contributed by atoms with E-state index in [1.807, 2.05) is 6.07 Å². The minimum Gasteiger partial charge on any atom is -0.447 e. The van der Waals surface area contributed by atoms with Gasteiger partial charge in [-0.3, -0.25) is 4.90 Å². The molecule has 2 N–H and O–H groups in total. The van der Waals surface area contributed by atoms with Gasteiger partial charge in [0, 0.05) is 17.9 Å². The summed E-state index contributed by atoms with van der Waals surface area (Å²) in [6.07, 6.45) is 4.80. The number of hydrogen-bond donors (Lipinski definition) is 2. The van der Waals surface area contributed by atoms with Crippen molar-refractivity contribution in [2.45, 2.75) is 38.7 Å². The maximum Gasteiger partial charge on any atom is 0.414 e. The Hall–Kier alpha value is -2.28. The van der Waals surface area contributed by atoms with Gasteiger partial charge in [-0.05, 0) is 37.0 Å². The zero-order chi connectivity index (χ0) is 18.4. The Bertz CT molecular complexity index is 637. The van der Waals surface area contributed by atoms with E-state index in [9.17, 15) is 9.59 Å². The van der Waals surface area contributed by atoms with Crippen molar-refractivity contribution >= 4 is 23.5 Å². The minimum atomic E-state index is -0.360. The van der Waals surface area contributed by atoms with Crippen molar-refractivity contribution in [3.63, 3.8) is 0 Å². The molecule has 1 saturated carbocycles. The first-order valence-electron chi connectivity index (χ1n) is 9.34. The van der Waals surface area contributed by atoms with Crippen LogP contribution in [0.1, 0.15) is 32.6 Å². The highest BCUT2D eigenvalue weighted by molar-refractivity contribution is 5.93. The number of carbonyl (C=O) groups excluding carboxylic acids is 2. The van der Waals surface area contributed by atoms with Gasteiger partial charge in [-0.15, -0.1) is 0 Å². The van der Waals surface area contributed by atoms with Crippen LogP contribution in [-0.2, 0) is 9.47 Å². The summed E-state index contributed by atoms with van der Waals surface area (Å²) in [7, 11) is 0. The molecule has 3 rings (SSSR count). The van der Waals surface area contributed by atoms with Crippen LogP contribution < -0.4 is 15.5 Å². The SMILES string of the molecule is C[C@H]1CCCC[C@H]1OCCNC(=O)Nc1cccc(N2CCOC2=O)c1. The number of anilines is 2. The highest BCUT2D eigenvalue weighted by atomic mass is 16.6. The Morgan fingerprint density at radius 3 is 2.96 bits per heavy atom. The van der Waals surface area contributed by atoms with Gasteiger partial charge in [0.1, 0.15) is 6.61 Å². The molecular formula is C19H27N3O4. The highest BCUT2D eigenvalue weighted by Crippen LogP contribution is 2.26. The van der Waals surface area contributed by atoms with Crippen molar-refractivity contribution in [3.05, 3.63) is 24.3 Å². The number of benzene rings is 1. The minimum absolute atomic E-state index is 0.286. The second-order valence-electron chi connectivity index (χ2n) is 6.87. The predicted molar refractivity (Wildman–Crippen MR) is 99.5 cm³/mol. The van der Waals surface area contributed by atoms with Crippen molar-refractivity contribution < 1.29 is 19.1 Å². The van der Waals surface area contributed by atoms with Gasteiger partial charge in [0.05, 0.1) is 19.3 Å². The van der Waals surface area contributed by atoms with E-state index in [1.54, 1.807) is 23.1 Å². The lowest BCUT2D eigenvalue weighted by molar-refractivity contribution is -0.00232. The summed E-state index contributed by atoms with van der Waals surface area (Å²) in [6.45, 7) is 4.12. The summed E-state index contributed by atoms with van der Waals surface area (Å²) >= 11 is 0. The summed E-state index contributed by atoms with van der Waals surface area (Å²) < 4.78 is 10.8. The number of cyclic esters (lactones) is 1. The molecule has 142 valence electrons. The van der Waals surface area contributed by atoms with Crippen molar-refractivity contribution in [1.82, 2.24) is 5.32 Å². The van der Waals surface area contributed by atoms with Gasteiger partial charge < -0.3 is 20.1 Å². The van der Waals surface area contributed by atoms with Gasteiger partial charge in [-0.25, -0.2) is 9.59 Å². The fourth-order valence-electron chi connectivity index (χ4n) is 3.46. The molecule has 0 spiro atoms. The fourth-order valence-corrected chi connectivity index (χ4v) is 3.46. The molecule has 1 heterocycles. The molecule has 2 fully saturated rings. The number of amides is 3. The Balaban J connectivity index is 1.41. The largest absolute Gasteiger partial charge is 0.447 e. The van der Waals surface area contributed by atoms with Crippen LogP contribution in [0.15, 0.2) is 24.3 Å². The summed E-state index contributed by atoms with van der Waals surface area (Å²) in [5.74, 6) is 0.595. The number of rotatable bonds is 6. The number of nitrogens with one attached hydrogen (secondary N) is 2. The van der Waals surface area contributed by atoms with E-state index >= 15 is 0 Å². The summed E-state index contributed by atoms with van der Waals surface area (Å²) in [4.78, 5) is 25.2. The second-order valence-corrected chi connectivity index (χ2v) is 6.87. The van der Waals surface area contributed by atoms with E-state index in [-0.39, 0.29) is 12.1 Å². The molecule has 1 aromatic rings. The molecule has 0 bridgehead atoms. The summed E-state index contributed by atoms with van der Waals surface area (Å²) in [5, 5.41) is 5.59. The standard InChI is InChI=1S/C19H27N3O4/c1-14-5-2-3-8-17(14)25-11-9-20-18(23)21-15-6-4-7-16(13-15)22-10-12-26-19(22)24/h4,6-7,13-14,17H,2-3,5,8-12H2,1H3,(H2,20,21,23)/t14-,17+/m0/s1. The first kappa shape index (κ1) is 18.5. The third kappa shape index (κ3) is 4.88. The Kier molecular flexibility index (Phi) is 6.33. The van der Waals surface area contributed by atoms with Gasteiger partial charge in [-0.1, -0.05) is 25.8 Å². The molecule has 2 atom stereocenters. The van der Waals surface area contributed by atoms with Crippen molar-refractivity contribution in [1.29, 1.82) is 0 Å². The topological polar surface area (TPSA) is 79.9 Å². The molecule has 1 aromatic carbocycles. The van der Waals surface area contributed by atoms with Gasteiger partial charge >= 0.3 is 12.1 Å². The Morgan fingerprint density at radius 1 is 1.35 bits per heavy atom. The average Bonchev–Trinajstić information content (AvgIpc) is 3.06. The van der Waals surface area contributed by atoms with Crippen molar-refractivity contribution in [3.8, 4) is 0 Å². The van der Waals surface area contributed by atoms with Crippen LogP contribution in [-0.4, -0.2) is 44.5 Å². The quantitative estimate of drug-likeness (QED) is 0.762. The van der Waals surface area contributed by atoms with Crippen LogP contribution in [0.3, 0.4) is 0 Å². The lowest BCUT2D eigenvalue weighted by Crippen LogP contribution is -2.34. The lowest BCUT2D eigenvalue weighted by Gasteiger charge is -2.28.